The number of aliphatic carboxylic acids is 1. The quantitative estimate of drug-likeness (QED) is 0.781. The van der Waals surface area contributed by atoms with E-state index in [1.807, 2.05) is 95.9 Å². The molecule has 26 heavy (non-hydrogen) atoms. The Morgan fingerprint density at radius 2 is 1.38 bits per heavy atom. The molecule has 4 rings (SSSR count). The minimum atomic E-state index is -1.33. The van der Waals surface area contributed by atoms with Gasteiger partial charge in [-0.05, 0) is 17.7 Å². The Labute approximate surface area is 152 Å². The van der Waals surface area contributed by atoms with Crippen molar-refractivity contribution in [2.45, 2.75) is 5.54 Å². The zero-order valence-corrected chi connectivity index (χ0v) is 14.1. The third-order valence-electron chi connectivity index (χ3n) is 4.64. The summed E-state index contributed by atoms with van der Waals surface area (Å²) in [5.41, 5.74) is 1.17. The average molecular weight is 342 g/mol. The van der Waals surface area contributed by atoms with E-state index in [0.29, 0.717) is 11.4 Å². The SMILES string of the molecule is O=C(O)C1(c2ccccc2)CN(c2ccccc2)C(c2ccccc2)=N1. The number of hydrogen-bond acceptors (Lipinski definition) is 3. The molecule has 0 saturated heterocycles. The molecular weight excluding hydrogens is 324 g/mol. The second-order valence-corrected chi connectivity index (χ2v) is 6.25. The van der Waals surface area contributed by atoms with Crippen LogP contribution < -0.4 is 4.90 Å². The summed E-state index contributed by atoms with van der Waals surface area (Å²) < 4.78 is 0. The first-order valence-electron chi connectivity index (χ1n) is 8.47. The van der Waals surface area contributed by atoms with Crippen LogP contribution in [0.1, 0.15) is 11.1 Å². The van der Waals surface area contributed by atoms with Crippen LogP contribution in [0.3, 0.4) is 0 Å². The van der Waals surface area contributed by atoms with Crippen molar-refractivity contribution in [3.05, 3.63) is 102 Å². The zero-order chi connectivity index (χ0) is 18.0. The number of carboxylic acid groups (broad SMARTS) is 1. The molecule has 4 heteroatoms. The Morgan fingerprint density at radius 1 is 0.846 bits per heavy atom. The van der Waals surface area contributed by atoms with E-state index in [-0.39, 0.29) is 6.54 Å². The van der Waals surface area contributed by atoms with E-state index >= 15 is 0 Å². The summed E-state index contributed by atoms with van der Waals surface area (Å²) in [6, 6.07) is 28.7. The predicted octanol–water partition coefficient (Wildman–Crippen LogP) is 3.93. The number of para-hydroxylation sites is 1. The summed E-state index contributed by atoms with van der Waals surface area (Å²) in [6.45, 7) is 0.251. The number of carbonyl (C=O) groups is 1. The molecule has 3 aromatic rings. The minimum Gasteiger partial charge on any atom is -0.479 e. The summed E-state index contributed by atoms with van der Waals surface area (Å²) in [6.07, 6.45) is 0. The van der Waals surface area contributed by atoms with Crippen LogP contribution in [0, 0.1) is 0 Å². The monoisotopic (exact) mass is 342 g/mol. The Bertz CT molecular complexity index is 940. The van der Waals surface area contributed by atoms with Crippen LogP contribution in [0.2, 0.25) is 0 Å². The van der Waals surface area contributed by atoms with Crippen molar-refractivity contribution in [2.75, 3.05) is 11.4 Å². The van der Waals surface area contributed by atoms with Crippen LogP contribution in [-0.4, -0.2) is 23.5 Å². The Hall–Kier alpha value is -3.40. The molecule has 0 spiro atoms. The second-order valence-electron chi connectivity index (χ2n) is 6.25. The van der Waals surface area contributed by atoms with Crippen LogP contribution in [0.5, 0.6) is 0 Å². The van der Waals surface area contributed by atoms with E-state index in [1.54, 1.807) is 0 Å². The number of anilines is 1. The number of nitrogens with zero attached hydrogens (tertiary/aromatic N) is 2. The molecule has 0 radical (unpaired) electrons. The van der Waals surface area contributed by atoms with Gasteiger partial charge in [0.25, 0.3) is 0 Å². The fourth-order valence-electron chi connectivity index (χ4n) is 3.32. The molecule has 128 valence electrons. The van der Waals surface area contributed by atoms with E-state index in [0.717, 1.165) is 11.3 Å². The van der Waals surface area contributed by atoms with Crippen LogP contribution in [0.15, 0.2) is 96.0 Å². The highest BCUT2D eigenvalue weighted by molar-refractivity contribution is 6.13. The maximum absolute atomic E-state index is 12.3. The van der Waals surface area contributed by atoms with Gasteiger partial charge in [0.2, 0.25) is 5.54 Å². The van der Waals surface area contributed by atoms with Gasteiger partial charge in [0.05, 0.1) is 6.54 Å². The molecular formula is C22H18N2O2. The second kappa shape index (κ2) is 6.48. The lowest BCUT2D eigenvalue weighted by Gasteiger charge is -2.25. The van der Waals surface area contributed by atoms with Gasteiger partial charge >= 0.3 is 5.97 Å². The van der Waals surface area contributed by atoms with Crippen molar-refractivity contribution in [3.63, 3.8) is 0 Å². The summed E-state index contributed by atoms with van der Waals surface area (Å²) in [5, 5.41) is 10.1. The third kappa shape index (κ3) is 2.65. The Kier molecular flexibility index (Phi) is 4.01. The van der Waals surface area contributed by atoms with Gasteiger partial charge in [0, 0.05) is 11.3 Å². The molecule has 0 fully saturated rings. The topological polar surface area (TPSA) is 52.9 Å². The van der Waals surface area contributed by atoms with Gasteiger partial charge in [0.15, 0.2) is 0 Å². The van der Waals surface area contributed by atoms with Gasteiger partial charge in [-0.15, -0.1) is 0 Å². The molecule has 1 aliphatic rings. The van der Waals surface area contributed by atoms with Crippen molar-refractivity contribution in [1.29, 1.82) is 0 Å². The maximum Gasteiger partial charge on any atom is 0.338 e. The molecule has 0 aromatic heterocycles. The molecule has 3 aromatic carbocycles. The summed E-state index contributed by atoms with van der Waals surface area (Å²) in [5.74, 6) is -0.279. The molecule has 0 aliphatic carbocycles. The molecule has 1 unspecified atom stereocenters. The van der Waals surface area contributed by atoms with Gasteiger partial charge < -0.3 is 10.0 Å². The van der Waals surface area contributed by atoms with Crippen molar-refractivity contribution in [2.24, 2.45) is 4.99 Å². The number of carboxylic acids is 1. The highest BCUT2D eigenvalue weighted by Gasteiger charge is 2.48. The van der Waals surface area contributed by atoms with Gasteiger partial charge in [-0.25, -0.2) is 9.79 Å². The molecule has 1 atom stereocenters. The standard InChI is InChI=1S/C22H18N2O2/c25-21(26)22(18-12-6-2-7-13-18)16-24(19-14-8-3-9-15-19)20(23-22)17-10-4-1-5-11-17/h1-15H,16H2,(H,25,26). The first-order chi connectivity index (χ1) is 12.7. The van der Waals surface area contributed by atoms with Crippen LogP contribution in [-0.2, 0) is 10.3 Å². The normalized spacial score (nSPS) is 19.2. The van der Waals surface area contributed by atoms with Gasteiger partial charge in [-0.3, -0.25) is 0 Å². The molecule has 0 saturated carbocycles. The average Bonchev–Trinajstić information content (AvgIpc) is 3.12. The molecule has 4 nitrogen and oxygen atoms in total. The highest BCUT2D eigenvalue weighted by Crippen LogP contribution is 2.36. The zero-order valence-electron chi connectivity index (χ0n) is 14.1. The Morgan fingerprint density at radius 3 is 1.96 bits per heavy atom. The fourth-order valence-corrected chi connectivity index (χ4v) is 3.32. The van der Waals surface area contributed by atoms with Crippen molar-refractivity contribution >= 4 is 17.5 Å². The number of benzene rings is 3. The maximum atomic E-state index is 12.3. The number of hydrogen-bond donors (Lipinski definition) is 1. The number of amidine groups is 1. The largest absolute Gasteiger partial charge is 0.479 e. The highest BCUT2D eigenvalue weighted by atomic mass is 16.4. The lowest BCUT2D eigenvalue weighted by molar-refractivity contribution is -0.142. The smallest absolute Gasteiger partial charge is 0.338 e. The summed E-state index contributed by atoms with van der Waals surface area (Å²) in [7, 11) is 0. The van der Waals surface area contributed by atoms with Crippen LogP contribution in [0.25, 0.3) is 0 Å². The van der Waals surface area contributed by atoms with E-state index in [2.05, 4.69) is 0 Å². The molecule has 1 aliphatic heterocycles. The lowest BCUT2D eigenvalue weighted by atomic mass is 9.91. The molecule has 0 bridgehead atoms. The van der Waals surface area contributed by atoms with Crippen molar-refractivity contribution < 1.29 is 9.90 Å². The van der Waals surface area contributed by atoms with E-state index in [9.17, 15) is 9.90 Å². The van der Waals surface area contributed by atoms with Crippen LogP contribution in [0.4, 0.5) is 5.69 Å². The first-order valence-corrected chi connectivity index (χ1v) is 8.47. The third-order valence-corrected chi connectivity index (χ3v) is 4.64. The van der Waals surface area contributed by atoms with Gasteiger partial charge in [-0.1, -0.05) is 78.9 Å². The molecule has 0 amide bonds. The first kappa shape index (κ1) is 16.1. The van der Waals surface area contributed by atoms with E-state index in [1.165, 1.54) is 0 Å². The number of aliphatic imine (C=N–C) groups is 1. The predicted molar refractivity (Wildman–Crippen MR) is 103 cm³/mol. The van der Waals surface area contributed by atoms with E-state index < -0.39 is 11.5 Å². The number of rotatable bonds is 4. The summed E-state index contributed by atoms with van der Waals surface area (Å²) >= 11 is 0. The van der Waals surface area contributed by atoms with Gasteiger partial charge in [0.1, 0.15) is 5.84 Å². The molecule has 1 heterocycles. The van der Waals surface area contributed by atoms with Gasteiger partial charge in [-0.2, -0.15) is 0 Å². The molecule has 1 N–H and O–H groups in total. The minimum absolute atomic E-state index is 0.251. The lowest BCUT2D eigenvalue weighted by Crippen LogP contribution is -2.40. The van der Waals surface area contributed by atoms with Crippen molar-refractivity contribution in [3.8, 4) is 0 Å². The Balaban J connectivity index is 1.90. The van der Waals surface area contributed by atoms with Crippen molar-refractivity contribution in [1.82, 2.24) is 0 Å². The summed E-state index contributed by atoms with van der Waals surface area (Å²) in [4.78, 5) is 19.1. The van der Waals surface area contributed by atoms with Crippen LogP contribution >= 0.6 is 0 Å². The van der Waals surface area contributed by atoms with E-state index in [4.69, 9.17) is 4.99 Å². The fraction of sp³-hybridized carbons (Fsp3) is 0.0909.